The molecule has 1 amide bonds. The van der Waals surface area contributed by atoms with Gasteiger partial charge in [0.15, 0.2) is 0 Å². The maximum atomic E-state index is 12.6. The first-order valence-corrected chi connectivity index (χ1v) is 10.9. The summed E-state index contributed by atoms with van der Waals surface area (Å²) in [4.78, 5) is 12.6. The van der Waals surface area contributed by atoms with Crippen LogP contribution in [0.2, 0.25) is 0 Å². The van der Waals surface area contributed by atoms with Crippen LogP contribution >= 0.6 is 0 Å². The molecule has 0 spiro atoms. The SMILES string of the molecule is Cc1cccc(C(=O)N[C@H](c2nnc(S(=O)(=O)Cc3ccccc3)o2)C(C)C)c1. The number of aromatic nitrogens is 2. The summed E-state index contributed by atoms with van der Waals surface area (Å²) in [5.74, 6) is -0.557. The van der Waals surface area contributed by atoms with Crippen LogP contribution in [0, 0.1) is 12.8 Å². The van der Waals surface area contributed by atoms with Gasteiger partial charge in [-0.05, 0) is 30.5 Å². The average Bonchev–Trinajstić information content (AvgIpc) is 3.17. The quantitative estimate of drug-likeness (QED) is 0.636. The van der Waals surface area contributed by atoms with Crippen LogP contribution < -0.4 is 5.32 Å². The first kappa shape index (κ1) is 20.7. The van der Waals surface area contributed by atoms with Crippen molar-refractivity contribution in [2.45, 2.75) is 37.8 Å². The Kier molecular flexibility index (Phi) is 6.12. The molecule has 152 valence electrons. The van der Waals surface area contributed by atoms with Gasteiger partial charge >= 0.3 is 5.22 Å². The summed E-state index contributed by atoms with van der Waals surface area (Å²) < 4.78 is 30.7. The average molecular weight is 413 g/mol. The first-order chi connectivity index (χ1) is 13.8. The topological polar surface area (TPSA) is 102 Å². The highest BCUT2D eigenvalue weighted by atomic mass is 32.2. The zero-order valence-corrected chi connectivity index (χ0v) is 17.3. The largest absolute Gasteiger partial charge is 0.410 e. The number of sulfone groups is 1. The van der Waals surface area contributed by atoms with Crippen molar-refractivity contribution in [3.05, 3.63) is 77.2 Å². The molecule has 0 saturated carbocycles. The van der Waals surface area contributed by atoms with E-state index in [2.05, 4.69) is 15.5 Å². The van der Waals surface area contributed by atoms with Crippen LogP contribution in [-0.2, 0) is 15.6 Å². The molecule has 0 saturated heterocycles. The van der Waals surface area contributed by atoms with Crippen LogP contribution in [0.3, 0.4) is 0 Å². The van der Waals surface area contributed by atoms with E-state index in [0.717, 1.165) is 5.56 Å². The second-order valence-electron chi connectivity index (χ2n) is 7.22. The summed E-state index contributed by atoms with van der Waals surface area (Å²) in [6.07, 6.45) is 0. The first-order valence-electron chi connectivity index (χ1n) is 9.24. The van der Waals surface area contributed by atoms with Crippen molar-refractivity contribution in [2.75, 3.05) is 0 Å². The van der Waals surface area contributed by atoms with E-state index in [-0.39, 0.29) is 23.5 Å². The van der Waals surface area contributed by atoms with Gasteiger partial charge in [0.2, 0.25) is 15.7 Å². The molecule has 0 aliphatic carbocycles. The molecule has 0 bridgehead atoms. The van der Waals surface area contributed by atoms with E-state index in [1.54, 1.807) is 42.5 Å². The normalized spacial score (nSPS) is 12.7. The molecular formula is C21H23N3O4S. The smallest absolute Gasteiger partial charge is 0.335 e. The van der Waals surface area contributed by atoms with Crippen molar-refractivity contribution in [1.82, 2.24) is 15.5 Å². The van der Waals surface area contributed by atoms with Gasteiger partial charge in [-0.15, -0.1) is 5.10 Å². The van der Waals surface area contributed by atoms with E-state index in [9.17, 15) is 13.2 Å². The lowest BCUT2D eigenvalue weighted by molar-refractivity contribution is 0.0915. The van der Waals surface area contributed by atoms with E-state index < -0.39 is 21.1 Å². The summed E-state index contributed by atoms with van der Waals surface area (Å²) in [7, 11) is -3.79. The minimum atomic E-state index is -3.79. The van der Waals surface area contributed by atoms with Gasteiger partial charge in [-0.1, -0.05) is 67.0 Å². The third kappa shape index (κ3) is 5.08. The lowest BCUT2D eigenvalue weighted by atomic mass is 10.0. The van der Waals surface area contributed by atoms with E-state index in [1.807, 2.05) is 32.9 Å². The lowest BCUT2D eigenvalue weighted by Gasteiger charge is -2.18. The van der Waals surface area contributed by atoms with E-state index >= 15 is 0 Å². The molecule has 0 unspecified atom stereocenters. The second kappa shape index (κ2) is 8.57. The highest BCUT2D eigenvalue weighted by Crippen LogP contribution is 2.24. The van der Waals surface area contributed by atoms with Crippen molar-refractivity contribution < 1.29 is 17.6 Å². The number of hydrogen-bond donors (Lipinski definition) is 1. The number of carbonyl (C=O) groups is 1. The molecule has 8 heteroatoms. The highest BCUT2D eigenvalue weighted by molar-refractivity contribution is 7.90. The van der Waals surface area contributed by atoms with Crippen LogP contribution in [0.5, 0.6) is 0 Å². The molecule has 0 fully saturated rings. The zero-order chi connectivity index (χ0) is 21.0. The molecule has 2 aromatic carbocycles. The molecule has 29 heavy (non-hydrogen) atoms. The third-order valence-corrected chi connectivity index (χ3v) is 5.80. The number of hydrogen-bond acceptors (Lipinski definition) is 6. The van der Waals surface area contributed by atoms with Crippen LogP contribution in [0.1, 0.15) is 47.3 Å². The predicted octanol–water partition coefficient (Wildman–Crippen LogP) is 3.48. The van der Waals surface area contributed by atoms with Crippen molar-refractivity contribution in [1.29, 1.82) is 0 Å². The second-order valence-corrected chi connectivity index (χ2v) is 9.08. The van der Waals surface area contributed by atoms with Crippen molar-refractivity contribution >= 4 is 15.7 Å². The summed E-state index contributed by atoms with van der Waals surface area (Å²) in [5, 5.41) is 10.0. The Hall–Kier alpha value is -3.00. The van der Waals surface area contributed by atoms with Crippen LogP contribution in [-0.4, -0.2) is 24.5 Å². The Morgan fingerprint density at radius 2 is 1.79 bits per heavy atom. The van der Waals surface area contributed by atoms with Crippen LogP contribution in [0.4, 0.5) is 0 Å². The molecule has 3 aromatic rings. The van der Waals surface area contributed by atoms with Crippen LogP contribution in [0.25, 0.3) is 0 Å². The van der Waals surface area contributed by atoms with E-state index in [0.29, 0.717) is 11.1 Å². The van der Waals surface area contributed by atoms with Gasteiger partial charge in [-0.25, -0.2) is 8.42 Å². The Morgan fingerprint density at radius 1 is 1.07 bits per heavy atom. The number of nitrogens with zero attached hydrogens (tertiary/aromatic N) is 2. The Labute approximate surface area is 170 Å². The molecule has 0 radical (unpaired) electrons. The molecule has 1 N–H and O–H groups in total. The highest BCUT2D eigenvalue weighted by Gasteiger charge is 2.29. The maximum Gasteiger partial charge on any atom is 0.335 e. The van der Waals surface area contributed by atoms with Gasteiger partial charge in [0.25, 0.3) is 5.91 Å². The molecule has 7 nitrogen and oxygen atoms in total. The maximum absolute atomic E-state index is 12.6. The lowest BCUT2D eigenvalue weighted by Crippen LogP contribution is -2.32. The van der Waals surface area contributed by atoms with Crippen molar-refractivity contribution in [3.63, 3.8) is 0 Å². The van der Waals surface area contributed by atoms with Crippen molar-refractivity contribution in [3.8, 4) is 0 Å². The minimum Gasteiger partial charge on any atom is -0.410 e. The Morgan fingerprint density at radius 3 is 2.45 bits per heavy atom. The van der Waals surface area contributed by atoms with E-state index in [4.69, 9.17) is 4.42 Å². The summed E-state index contributed by atoms with van der Waals surface area (Å²) in [6, 6.07) is 15.3. The van der Waals surface area contributed by atoms with Gasteiger partial charge in [0.05, 0.1) is 5.75 Å². The summed E-state index contributed by atoms with van der Waals surface area (Å²) in [6.45, 7) is 5.66. The Bertz CT molecular complexity index is 1090. The molecule has 3 rings (SSSR count). The Balaban J connectivity index is 1.81. The fourth-order valence-electron chi connectivity index (χ4n) is 2.85. The molecule has 1 aromatic heterocycles. The monoisotopic (exact) mass is 413 g/mol. The number of amides is 1. The molecular weight excluding hydrogens is 390 g/mol. The summed E-state index contributed by atoms with van der Waals surface area (Å²) in [5.41, 5.74) is 2.10. The fraction of sp³-hybridized carbons (Fsp3) is 0.286. The number of carbonyl (C=O) groups excluding carboxylic acids is 1. The fourth-order valence-corrected chi connectivity index (χ4v) is 3.98. The predicted molar refractivity (Wildman–Crippen MR) is 108 cm³/mol. The minimum absolute atomic E-state index is 0.0626. The van der Waals surface area contributed by atoms with Crippen LogP contribution in [0.15, 0.2) is 64.2 Å². The van der Waals surface area contributed by atoms with E-state index in [1.165, 1.54) is 0 Å². The molecule has 1 heterocycles. The standard InChI is InChI=1S/C21H23N3O4S/c1-14(2)18(22-19(25)17-11-7-8-15(3)12-17)20-23-24-21(28-20)29(26,27)13-16-9-5-4-6-10-16/h4-12,14,18H,13H2,1-3H3,(H,22,25)/t18-/m0/s1. The number of benzene rings is 2. The number of rotatable bonds is 7. The summed E-state index contributed by atoms with van der Waals surface area (Å²) >= 11 is 0. The van der Waals surface area contributed by atoms with Gasteiger partial charge in [0.1, 0.15) is 6.04 Å². The zero-order valence-electron chi connectivity index (χ0n) is 16.5. The number of aryl methyl sites for hydroxylation is 1. The van der Waals surface area contributed by atoms with Gasteiger partial charge in [0, 0.05) is 5.56 Å². The molecule has 0 aliphatic rings. The van der Waals surface area contributed by atoms with Gasteiger partial charge in [-0.3, -0.25) is 4.79 Å². The van der Waals surface area contributed by atoms with Gasteiger partial charge < -0.3 is 9.73 Å². The number of nitrogens with one attached hydrogen (secondary N) is 1. The van der Waals surface area contributed by atoms with Crippen molar-refractivity contribution in [2.24, 2.45) is 5.92 Å². The molecule has 0 aliphatic heterocycles. The molecule has 1 atom stereocenters. The third-order valence-electron chi connectivity index (χ3n) is 4.39. The van der Waals surface area contributed by atoms with Gasteiger partial charge in [-0.2, -0.15) is 0 Å².